The SMILES string of the molecule is Cc1cc(-c2ccccc2)c(C)cc1OCCCc1cc(COCCOCCOCCO)no1. The highest BCUT2D eigenvalue weighted by Gasteiger charge is 2.09. The summed E-state index contributed by atoms with van der Waals surface area (Å²) < 4.78 is 27.5. The van der Waals surface area contributed by atoms with Crippen molar-refractivity contribution in [3.63, 3.8) is 0 Å². The van der Waals surface area contributed by atoms with Gasteiger partial charge in [0, 0.05) is 12.5 Å². The summed E-state index contributed by atoms with van der Waals surface area (Å²) in [5.41, 5.74) is 5.55. The maximum atomic E-state index is 8.61. The third-order valence-electron chi connectivity index (χ3n) is 5.27. The van der Waals surface area contributed by atoms with Crippen molar-refractivity contribution in [2.24, 2.45) is 0 Å². The third kappa shape index (κ3) is 8.57. The molecule has 0 amide bonds. The van der Waals surface area contributed by atoms with Crippen LogP contribution in [0.25, 0.3) is 11.1 Å². The van der Waals surface area contributed by atoms with Gasteiger partial charge < -0.3 is 28.6 Å². The van der Waals surface area contributed by atoms with E-state index >= 15 is 0 Å². The summed E-state index contributed by atoms with van der Waals surface area (Å²) in [5, 5.41) is 12.7. The van der Waals surface area contributed by atoms with Crippen molar-refractivity contribution < 1.29 is 28.6 Å². The normalized spacial score (nSPS) is 11.1. The van der Waals surface area contributed by atoms with E-state index in [1.54, 1.807) is 0 Å². The first-order valence-electron chi connectivity index (χ1n) is 11.8. The Labute approximate surface area is 201 Å². The number of nitrogens with zero attached hydrogens (tertiary/aromatic N) is 1. The van der Waals surface area contributed by atoms with Gasteiger partial charge in [0.05, 0.1) is 52.9 Å². The van der Waals surface area contributed by atoms with Gasteiger partial charge in [-0.05, 0) is 54.7 Å². The maximum absolute atomic E-state index is 8.61. The number of rotatable bonds is 16. The first-order chi connectivity index (χ1) is 16.7. The molecule has 0 aliphatic rings. The van der Waals surface area contributed by atoms with E-state index in [0.717, 1.165) is 35.6 Å². The van der Waals surface area contributed by atoms with E-state index in [1.807, 2.05) is 12.1 Å². The second-order valence-electron chi connectivity index (χ2n) is 8.04. The molecule has 7 nitrogen and oxygen atoms in total. The summed E-state index contributed by atoms with van der Waals surface area (Å²) >= 11 is 0. The zero-order valence-electron chi connectivity index (χ0n) is 20.1. The fourth-order valence-electron chi connectivity index (χ4n) is 3.53. The monoisotopic (exact) mass is 469 g/mol. The highest BCUT2D eigenvalue weighted by atomic mass is 16.5. The van der Waals surface area contributed by atoms with E-state index in [1.165, 1.54) is 16.7 Å². The molecule has 2 aromatic carbocycles. The molecule has 1 heterocycles. The summed E-state index contributed by atoms with van der Waals surface area (Å²) in [6.45, 7) is 7.46. The van der Waals surface area contributed by atoms with Gasteiger partial charge >= 0.3 is 0 Å². The number of aliphatic hydroxyl groups excluding tert-OH is 1. The molecular weight excluding hydrogens is 434 g/mol. The van der Waals surface area contributed by atoms with E-state index < -0.39 is 0 Å². The van der Waals surface area contributed by atoms with Crippen LogP contribution in [0.1, 0.15) is 29.0 Å². The van der Waals surface area contributed by atoms with E-state index in [-0.39, 0.29) is 6.61 Å². The lowest BCUT2D eigenvalue weighted by molar-refractivity contribution is 0.00373. The average Bonchev–Trinajstić information content (AvgIpc) is 3.30. The quantitative estimate of drug-likeness (QED) is 0.309. The average molecular weight is 470 g/mol. The minimum Gasteiger partial charge on any atom is -0.493 e. The van der Waals surface area contributed by atoms with Crippen LogP contribution in [0.5, 0.6) is 5.75 Å². The molecule has 0 aliphatic heterocycles. The standard InChI is InChI=1S/C27H35NO6/c1-21-18-27(22(2)17-26(21)23-7-4-3-5-8-23)33-11-6-9-25-19-24(28-34-25)20-32-16-15-31-14-13-30-12-10-29/h3-5,7-8,17-19,29H,6,9-16,20H2,1-2H3. The fourth-order valence-corrected chi connectivity index (χ4v) is 3.53. The molecule has 0 aliphatic carbocycles. The second kappa shape index (κ2) is 14.5. The van der Waals surface area contributed by atoms with E-state index in [0.29, 0.717) is 46.2 Å². The molecule has 1 aromatic heterocycles. The summed E-state index contributed by atoms with van der Waals surface area (Å²) in [7, 11) is 0. The Bertz CT molecular complexity index is 973. The number of ether oxygens (including phenoxy) is 4. The molecule has 0 fully saturated rings. The van der Waals surface area contributed by atoms with Crippen LogP contribution in [-0.4, -0.2) is 56.5 Å². The largest absolute Gasteiger partial charge is 0.493 e. The molecule has 7 heteroatoms. The van der Waals surface area contributed by atoms with Gasteiger partial charge in [-0.1, -0.05) is 35.5 Å². The van der Waals surface area contributed by atoms with Crippen LogP contribution in [0.2, 0.25) is 0 Å². The highest BCUT2D eigenvalue weighted by Crippen LogP contribution is 2.30. The van der Waals surface area contributed by atoms with Gasteiger partial charge in [-0.25, -0.2) is 0 Å². The predicted octanol–water partition coefficient (Wildman–Crippen LogP) is 4.51. The van der Waals surface area contributed by atoms with Crippen LogP contribution in [0, 0.1) is 13.8 Å². The molecule has 1 N–H and O–H groups in total. The predicted molar refractivity (Wildman–Crippen MR) is 130 cm³/mol. The van der Waals surface area contributed by atoms with Gasteiger partial charge in [-0.3, -0.25) is 0 Å². The molecule has 0 saturated carbocycles. The number of hydrogen-bond donors (Lipinski definition) is 1. The van der Waals surface area contributed by atoms with Gasteiger partial charge in [0.15, 0.2) is 0 Å². The molecule has 0 saturated heterocycles. The molecule has 0 bridgehead atoms. The Hall–Kier alpha value is -2.71. The molecule has 3 aromatic rings. The van der Waals surface area contributed by atoms with Crippen molar-refractivity contribution in [2.75, 3.05) is 46.2 Å². The van der Waals surface area contributed by atoms with Crippen molar-refractivity contribution in [1.82, 2.24) is 5.16 Å². The Morgan fingerprint density at radius 1 is 0.824 bits per heavy atom. The minimum atomic E-state index is 0.0260. The van der Waals surface area contributed by atoms with Crippen molar-refractivity contribution in [3.05, 3.63) is 71.1 Å². The number of hydrogen-bond acceptors (Lipinski definition) is 7. The molecular formula is C27H35NO6. The Morgan fingerprint density at radius 2 is 1.56 bits per heavy atom. The lowest BCUT2D eigenvalue weighted by Gasteiger charge is -2.13. The molecule has 0 spiro atoms. The Balaban J connectivity index is 1.32. The van der Waals surface area contributed by atoms with Crippen LogP contribution in [0.3, 0.4) is 0 Å². The van der Waals surface area contributed by atoms with Crippen LogP contribution in [0.15, 0.2) is 53.1 Å². The lowest BCUT2D eigenvalue weighted by Crippen LogP contribution is -2.10. The second-order valence-corrected chi connectivity index (χ2v) is 8.04. The summed E-state index contributed by atoms with van der Waals surface area (Å²) in [6, 6.07) is 16.6. The maximum Gasteiger partial charge on any atom is 0.137 e. The van der Waals surface area contributed by atoms with Crippen molar-refractivity contribution in [2.45, 2.75) is 33.3 Å². The molecule has 0 radical (unpaired) electrons. The molecule has 184 valence electrons. The minimum absolute atomic E-state index is 0.0260. The Kier molecular flexibility index (Phi) is 11.1. The van der Waals surface area contributed by atoms with Crippen molar-refractivity contribution in [1.29, 1.82) is 0 Å². The van der Waals surface area contributed by atoms with Crippen LogP contribution >= 0.6 is 0 Å². The number of aryl methyl sites for hydroxylation is 3. The third-order valence-corrected chi connectivity index (χ3v) is 5.27. The number of aliphatic hydroxyl groups is 1. The first-order valence-corrected chi connectivity index (χ1v) is 11.8. The van der Waals surface area contributed by atoms with Crippen LogP contribution in [-0.2, 0) is 27.2 Å². The van der Waals surface area contributed by atoms with Crippen molar-refractivity contribution >= 4 is 0 Å². The molecule has 3 rings (SSSR count). The zero-order chi connectivity index (χ0) is 24.0. The number of benzene rings is 2. The van der Waals surface area contributed by atoms with Gasteiger partial charge in [0.2, 0.25) is 0 Å². The summed E-state index contributed by atoms with van der Waals surface area (Å²) in [5.74, 6) is 1.75. The van der Waals surface area contributed by atoms with Gasteiger partial charge in [-0.15, -0.1) is 0 Å². The molecule has 0 atom stereocenters. The lowest BCUT2D eigenvalue weighted by atomic mass is 9.98. The van der Waals surface area contributed by atoms with E-state index in [9.17, 15) is 0 Å². The zero-order valence-corrected chi connectivity index (χ0v) is 20.1. The first kappa shape index (κ1) is 25.9. The van der Waals surface area contributed by atoms with E-state index in [2.05, 4.69) is 55.4 Å². The van der Waals surface area contributed by atoms with Crippen LogP contribution in [0.4, 0.5) is 0 Å². The summed E-state index contributed by atoms with van der Waals surface area (Å²) in [6.07, 6.45) is 1.59. The Morgan fingerprint density at radius 3 is 2.32 bits per heavy atom. The van der Waals surface area contributed by atoms with E-state index in [4.69, 9.17) is 28.6 Å². The van der Waals surface area contributed by atoms with Crippen LogP contribution < -0.4 is 4.74 Å². The summed E-state index contributed by atoms with van der Waals surface area (Å²) in [4.78, 5) is 0. The number of aromatic nitrogens is 1. The molecule has 34 heavy (non-hydrogen) atoms. The smallest absolute Gasteiger partial charge is 0.137 e. The topological polar surface area (TPSA) is 83.2 Å². The highest BCUT2D eigenvalue weighted by molar-refractivity contribution is 5.69. The van der Waals surface area contributed by atoms with Gasteiger partial charge in [0.1, 0.15) is 17.2 Å². The molecule has 0 unspecified atom stereocenters. The van der Waals surface area contributed by atoms with Crippen molar-refractivity contribution in [3.8, 4) is 16.9 Å². The van der Waals surface area contributed by atoms with Gasteiger partial charge in [0.25, 0.3) is 0 Å². The van der Waals surface area contributed by atoms with Gasteiger partial charge in [-0.2, -0.15) is 0 Å². The fraction of sp³-hybridized carbons (Fsp3) is 0.444.